The highest BCUT2D eigenvalue weighted by Gasteiger charge is 2.23. The quantitative estimate of drug-likeness (QED) is 0.745. The molecule has 1 aromatic rings. The Kier molecular flexibility index (Phi) is 6.53. The molecule has 0 aliphatic carbocycles. The van der Waals surface area contributed by atoms with Crippen LogP contribution < -0.4 is 4.72 Å². The largest absolute Gasteiger partial charge is 0.481 e. The molecular formula is C14H17BrN2O4S. The van der Waals surface area contributed by atoms with Gasteiger partial charge in [-0.3, -0.25) is 4.79 Å². The van der Waals surface area contributed by atoms with Crippen molar-refractivity contribution in [2.24, 2.45) is 11.8 Å². The van der Waals surface area contributed by atoms with Crippen LogP contribution in [0, 0.1) is 23.2 Å². The van der Waals surface area contributed by atoms with E-state index in [2.05, 4.69) is 20.7 Å². The third-order valence-corrected chi connectivity index (χ3v) is 4.80. The smallest absolute Gasteiger partial charge is 0.307 e. The second kappa shape index (κ2) is 7.72. The van der Waals surface area contributed by atoms with Crippen molar-refractivity contribution in [3.05, 3.63) is 28.2 Å². The fraction of sp³-hybridized carbons (Fsp3) is 0.429. The first-order valence-electron chi connectivity index (χ1n) is 6.59. The lowest BCUT2D eigenvalue weighted by Gasteiger charge is -2.15. The summed E-state index contributed by atoms with van der Waals surface area (Å²) in [6.07, 6.45) is 0.375. The van der Waals surface area contributed by atoms with Gasteiger partial charge in [0.15, 0.2) is 0 Å². The number of nitriles is 1. The zero-order chi connectivity index (χ0) is 16.9. The molecule has 0 fully saturated rings. The average molecular weight is 389 g/mol. The zero-order valence-corrected chi connectivity index (χ0v) is 14.6. The number of halogens is 1. The molecule has 0 spiro atoms. The van der Waals surface area contributed by atoms with Gasteiger partial charge in [-0.1, -0.05) is 29.8 Å². The lowest BCUT2D eigenvalue weighted by Crippen LogP contribution is -2.33. The van der Waals surface area contributed by atoms with Crippen LogP contribution in [0.1, 0.15) is 25.8 Å². The number of rotatable bonds is 7. The molecular weight excluding hydrogens is 372 g/mol. The van der Waals surface area contributed by atoms with E-state index in [1.165, 1.54) is 18.2 Å². The number of benzene rings is 1. The summed E-state index contributed by atoms with van der Waals surface area (Å²) in [5.74, 6) is -1.69. The van der Waals surface area contributed by atoms with E-state index < -0.39 is 21.9 Å². The lowest BCUT2D eigenvalue weighted by molar-refractivity contribution is -0.142. The van der Waals surface area contributed by atoms with Gasteiger partial charge in [0, 0.05) is 11.0 Å². The molecule has 0 heterocycles. The number of sulfonamides is 1. The summed E-state index contributed by atoms with van der Waals surface area (Å²) < 4.78 is 27.2. The van der Waals surface area contributed by atoms with Gasteiger partial charge in [-0.2, -0.15) is 5.26 Å². The van der Waals surface area contributed by atoms with Gasteiger partial charge < -0.3 is 5.11 Å². The van der Waals surface area contributed by atoms with Gasteiger partial charge in [0.05, 0.1) is 22.4 Å². The van der Waals surface area contributed by atoms with Gasteiger partial charge >= 0.3 is 5.97 Å². The average Bonchev–Trinajstić information content (AvgIpc) is 2.42. The van der Waals surface area contributed by atoms with Crippen molar-refractivity contribution < 1.29 is 18.3 Å². The fourth-order valence-corrected chi connectivity index (χ4v) is 3.71. The molecule has 6 nitrogen and oxygen atoms in total. The minimum Gasteiger partial charge on any atom is -0.481 e. The number of nitrogens with zero attached hydrogens (tertiary/aromatic N) is 1. The van der Waals surface area contributed by atoms with Crippen LogP contribution in [-0.4, -0.2) is 26.0 Å². The predicted octanol–water partition coefficient (Wildman–Crippen LogP) is 2.35. The van der Waals surface area contributed by atoms with E-state index in [-0.39, 0.29) is 22.9 Å². The summed E-state index contributed by atoms with van der Waals surface area (Å²) >= 11 is 3.14. The summed E-state index contributed by atoms with van der Waals surface area (Å²) in [4.78, 5) is 11.1. The standard InChI is InChI=1S/C14H17BrN2O4S/c1-9(2)3-11(14(18)19)8-17-22(20,21)13-5-10(7-16)4-12(15)6-13/h4-6,9,11,17H,3,8H2,1-2H3,(H,18,19). The minimum atomic E-state index is -3.87. The third-order valence-electron chi connectivity index (χ3n) is 2.94. The summed E-state index contributed by atoms with van der Waals surface area (Å²) in [6, 6.07) is 5.97. The number of carboxylic acids is 1. The minimum absolute atomic E-state index is 0.0767. The molecule has 0 aliphatic rings. The Morgan fingerprint density at radius 1 is 1.41 bits per heavy atom. The first-order chi connectivity index (χ1) is 10.2. The Labute approximate surface area is 138 Å². The highest BCUT2D eigenvalue weighted by Crippen LogP contribution is 2.20. The molecule has 1 unspecified atom stereocenters. The molecule has 0 saturated heterocycles. The normalized spacial score (nSPS) is 12.9. The molecule has 0 saturated carbocycles. The molecule has 0 bridgehead atoms. The first-order valence-corrected chi connectivity index (χ1v) is 8.86. The highest BCUT2D eigenvalue weighted by atomic mass is 79.9. The van der Waals surface area contributed by atoms with Crippen molar-refractivity contribution >= 4 is 31.9 Å². The fourth-order valence-electron chi connectivity index (χ4n) is 1.92. The Hall–Kier alpha value is -1.43. The molecule has 0 aliphatic heterocycles. The molecule has 1 atom stereocenters. The van der Waals surface area contributed by atoms with Gasteiger partial charge in [-0.25, -0.2) is 13.1 Å². The van der Waals surface area contributed by atoms with E-state index in [9.17, 15) is 13.2 Å². The van der Waals surface area contributed by atoms with E-state index in [0.717, 1.165) is 0 Å². The number of hydrogen-bond acceptors (Lipinski definition) is 4. The lowest BCUT2D eigenvalue weighted by atomic mass is 9.98. The third kappa shape index (κ3) is 5.40. The highest BCUT2D eigenvalue weighted by molar-refractivity contribution is 9.10. The molecule has 0 amide bonds. The molecule has 1 rings (SSSR count). The van der Waals surface area contributed by atoms with E-state index in [1.54, 1.807) is 0 Å². The maximum absolute atomic E-state index is 12.2. The number of nitrogens with one attached hydrogen (secondary N) is 1. The SMILES string of the molecule is CC(C)CC(CNS(=O)(=O)c1cc(Br)cc(C#N)c1)C(=O)O. The molecule has 22 heavy (non-hydrogen) atoms. The van der Waals surface area contributed by atoms with Crippen molar-refractivity contribution in [2.75, 3.05) is 6.54 Å². The Balaban J connectivity index is 2.94. The van der Waals surface area contributed by atoms with Gasteiger partial charge in [0.1, 0.15) is 0 Å². The second-order valence-corrected chi connectivity index (χ2v) is 7.99. The van der Waals surface area contributed by atoms with Crippen LogP contribution >= 0.6 is 15.9 Å². The van der Waals surface area contributed by atoms with Crippen LogP contribution in [0.25, 0.3) is 0 Å². The van der Waals surface area contributed by atoms with Gasteiger partial charge in [0.2, 0.25) is 10.0 Å². The number of hydrogen-bond donors (Lipinski definition) is 2. The zero-order valence-electron chi connectivity index (χ0n) is 12.2. The van der Waals surface area contributed by atoms with Crippen LogP contribution in [0.3, 0.4) is 0 Å². The summed E-state index contributed by atoms with van der Waals surface area (Å²) in [7, 11) is -3.87. The van der Waals surface area contributed by atoms with Crippen LogP contribution in [0.4, 0.5) is 0 Å². The van der Waals surface area contributed by atoms with Crippen LogP contribution in [0.2, 0.25) is 0 Å². The van der Waals surface area contributed by atoms with E-state index in [0.29, 0.717) is 10.9 Å². The Bertz CT molecular complexity index is 695. The summed E-state index contributed by atoms with van der Waals surface area (Å²) in [5.41, 5.74) is 0.201. The molecule has 120 valence electrons. The number of carboxylic acid groups (broad SMARTS) is 1. The molecule has 2 N–H and O–H groups in total. The molecule has 1 aromatic carbocycles. The van der Waals surface area contributed by atoms with Gasteiger partial charge in [-0.15, -0.1) is 0 Å². The van der Waals surface area contributed by atoms with E-state index in [1.807, 2.05) is 19.9 Å². The van der Waals surface area contributed by atoms with Crippen molar-refractivity contribution in [3.8, 4) is 6.07 Å². The molecule has 8 heteroatoms. The molecule has 0 radical (unpaired) electrons. The maximum Gasteiger partial charge on any atom is 0.307 e. The van der Waals surface area contributed by atoms with Crippen molar-refractivity contribution in [1.82, 2.24) is 4.72 Å². The summed E-state index contributed by atoms with van der Waals surface area (Å²) in [6.45, 7) is 3.56. The van der Waals surface area contributed by atoms with Crippen molar-refractivity contribution in [1.29, 1.82) is 5.26 Å². The van der Waals surface area contributed by atoms with Gasteiger partial charge in [0.25, 0.3) is 0 Å². The first kappa shape index (κ1) is 18.6. The molecule has 0 aromatic heterocycles. The topological polar surface area (TPSA) is 107 Å². The van der Waals surface area contributed by atoms with Gasteiger partial charge in [-0.05, 0) is 30.5 Å². The number of carbonyl (C=O) groups is 1. The van der Waals surface area contributed by atoms with Crippen molar-refractivity contribution in [3.63, 3.8) is 0 Å². The Morgan fingerprint density at radius 3 is 2.55 bits per heavy atom. The predicted molar refractivity (Wildman–Crippen MR) is 84.6 cm³/mol. The Morgan fingerprint density at radius 2 is 2.05 bits per heavy atom. The van der Waals surface area contributed by atoms with E-state index >= 15 is 0 Å². The van der Waals surface area contributed by atoms with Crippen molar-refractivity contribution in [2.45, 2.75) is 25.2 Å². The maximum atomic E-state index is 12.2. The van der Waals surface area contributed by atoms with Crippen LogP contribution in [0.15, 0.2) is 27.6 Å². The van der Waals surface area contributed by atoms with Crippen LogP contribution in [0.5, 0.6) is 0 Å². The number of aliphatic carboxylic acids is 1. The monoisotopic (exact) mass is 388 g/mol. The second-order valence-electron chi connectivity index (χ2n) is 5.30. The van der Waals surface area contributed by atoms with E-state index in [4.69, 9.17) is 10.4 Å². The summed E-state index contributed by atoms with van der Waals surface area (Å²) in [5, 5.41) is 18.0. The van der Waals surface area contributed by atoms with Crippen LogP contribution in [-0.2, 0) is 14.8 Å².